The zero-order chi connectivity index (χ0) is 15.0. The lowest BCUT2D eigenvalue weighted by Gasteiger charge is -2.16. The Morgan fingerprint density at radius 2 is 2.30 bits per heavy atom. The molecule has 1 atom stereocenters. The number of carboxylic acid groups (broad SMARTS) is 1. The molecule has 2 N–H and O–H groups in total. The molecule has 0 radical (unpaired) electrons. The van der Waals surface area contributed by atoms with Gasteiger partial charge in [-0.05, 0) is 37.1 Å². The monoisotopic (exact) mass is 278 g/mol. The Bertz CT molecular complexity index is 498. The van der Waals surface area contributed by atoms with Gasteiger partial charge in [-0.1, -0.05) is 17.2 Å². The van der Waals surface area contributed by atoms with E-state index < -0.39 is 12.0 Å². The molecule has 0 bridgehead atoms. The molecule has 0 saturated heterocycles. The van der Waals surface area contributed by atoms with E-state index in [2.05, 4.69) is 15.3 Å². The van der Waals surface area contributed by atoms with Crippen molar-refractivity contribution in [1.82, 2.24) is 5.32 Å². The van der Waals surface area contributed by atoms with Crippen LogP contribution in [0.2, 0.25) is 0 Å². The number of azide groups is 1. The van der Waals surface area contributed by atoms with Gasteiger partial charge in [0.1, 0.15) is 11.8 Å². The third kappa shape index (κ3) is 5.17. The second-order valence-corrected chi connectivity index (χ2v) is 4.42. The van der Waals surface area contributed by atoms with E-state index in [1.807, 2.05) is 13.8 Å². The van der Waals surface area contributed by atoms with E-state index in [9.17, 15) is 9.90 Å². The van der Waals surface area contributed by atoms with E-state index in [-0.39, 0.29) is 19.2 Å². The van der Waals surface area contributed by atoms with Crippen LogP contribution in [0, 0.1) is 0 Å². The number of benzene rings is 1. The van der Waals surface area contributed by atoms with E-state index in [0.29, 0.717) is 11.3 Å². The van der Waals surface area contributed by atoms with E-state index in [0.717, 1.165) is 0 Å². The van der Waals surface area contributed by atoms with Gasteiger partial charge in [-0.3, -0.25) is 4.79 Å². The summed E-state index contributed by atoms with van der Waals surface area (Å²) in [5.74, 6) is -0.367. The molecule has 0 aliphatic rings. The fraction of sp³-hybridized carbons (Fsp3) is 0.462. The van der Waals surface area contributed by atoms with Crippen molar-refractivity contribution < 1.29 is 14.6 Å². The van der Waals surface area contributed by atoms with Gasteiger partial charge in [0.05, 0.1) is 6.10 Å². The largest absolute Gasteiger partial charge is 0.491 e. The maximum Gasteiger partial charge on any atom is 0.325 e. The Balaban J connectivity index is 2.80. The fourth-order valence-corrected chi connectivity index (χ4v) is 1.69. The summed E-state index contributed by atoms with van der Waals surface area (Å²) in [5, 5.41) is 15.4. The quantitative estimate of drug-likeness (QED) is 0.329. The molecule has 0 fully saturated rings. The highest BCUT2D eigenvalue weighted by molar-refractivity contribution is 5.75. The van der Waals surface area contributed by atoms with Crippen molar-refractivity contribution in [3.05, 3.63) is 40.3 Å². The van der Waals surface area contributed by atoms with Gasteiger partial charge >= 0.3 is 5.97 Å². The minimum Gasteiger partial charge on any atom is -0.491 e. The smallest absolute Gasteiger partial charge is 0.325 e. The van der Waals surface area contributed by atoms with Crippen LogP contribution in [0.5, 0.6) is 5.75 Å². The molecule has 1 unspecified atom stereocenters. The lowest BCUT2D eigenvalue weighted by Crippen LogP contribution is -2.30. The second-order valence-electron chi connectivity index (χ2n) is 4.42. The van der Waals surface area contributed by atoms with Gasteiger partial charge in [-0.15, -0.1) is 0 Å². The maximum absolute atomic E-state index is 11.3. The summed E-state index contributed by atoms with van der Waals surface area (Å²) in [6.07, 6.45) is 0.0199. The van der Waals surface area contributed by atoms with Crippen LogP contribution in [0.4, 0.5) is 0 Å². The van der Waals surface area contributed by atoms with Crippen molar-refractivity contribution in [2.75, 3.05) is 13.1 Å². The summed E-state index contributed by atoms with van der Waals surface area (Å²) in [5.41, 5.74) is 8.77. The first-order chi connectivity index (χ1) is 9.54. The van der Waals surface area contributed by atoms with Crippen LogP contribution < -0.4 is 10.1 Å². The average Bonchev–Trinajstić information content (AvgIpc) is 2.37. The molecule has 7 heteroatoms. The predicted molar refractivity (Wildman–Crippen MR) is 74.6 cm³/mol. The van der Waals surface area contributed by atoms with Crippen LogP contribution in [0.25, 0.3) is 10.4 Å². The minimum absolute atomic E-state index is 0.0199. The van der Waals surface area contributed by atoms with Crippen LogP contribution in [-0.2, 0) is 4.79 Å². The van der Waals surface area contributed by atoms with Crippen molar-refractivity contribution in [3.8, 4) is 5.75 Å². The third-order valence-electron chi connectivity index (χ3n) is 2.43. The van der Waals surface area contributed by atoms with E-state index in [4.69, 9.17) is 10.3 Å². The van der Waals surface area contributed by atoms with Crippen LogP contribution in [0.3, 0.4) is 0 Å². The average molecular weight is 278 g/mol. The normalized spacial score (nSPS) is 11.8. The molecule has 1 rings (SSSR count). The van der Waals surface area contributed by atoms with Gasteiger partial charge in [-0.25, -0.2) is 0 Å². The summed E-state index contributed by atoms with van der Waals surface area (Å²) in [4.78, 5) is 13.9. The topological polar surface area (TPSA) is 107 Å². The van der Waals surface area contributed by atoms with Crippen LogP contribution in [-0.4, -0.2) is 30.3 Å². The Hall–Kier alpha value is -2.24. The molecule has 1 aromatic carbocycles. The molecule has 108 valence electrons. The van der Waals surface area contributed by atoms with Crippen molar-refractivity contribution >= 4 is 5.97 Å². The molecule has 0 heterocycles. The molecule has 0 amide bonds. The summed E-state index contributed by atoms with van der Waals surface area (Å²) in [6, 6.07) is 6.08. The third-order valence-corrected chi connectivity index (χ3v) is 2.43. The van der Waals surface area contributed by atoms with Crippen LogP contribution in [0.1, 0.15) is 25.5 Å². The molecular weight excluding hydrogens is 260 g/mol. The zero-order valence-electron chi connectivity index (χ0n) is 11.5. The summed E-state index contributed by atoms with van der Waals surface area (Å²) in [7, 11) is 0. The Labute approximate surface area is 117 Å². The first-order valence-electron chi connectivity index (χ1n) is 6.28. The zero-order valence-corrected chi connectivity index (χ0v) is 11.5. The first-order valence-corrected chi connectivity index (χ1v) is 6.28. The highest BCUT2D eigenvalue weighted by Gasteiger charge is 2.19. The van der Waals surface area contributed by atoms with Crippen molar-refractivity contribution in [1.29, 1.82) is 0 Å². The summed E-state index contributed by atoms with van der Waals surface area (Å²) < 4.78 is 5.54. The van der Waals surface area contributed by atoms with Gasteiger partial charge in [0.25, 0.3) is 0 Å². The number of nitrogens with one attached hydrogen (secondary N) is 1. The lowest BCUT2D eigenvalue weighted by atomic mass is 10.1. The molecule has 7 nitrogen and oxygen atoms in total. The Morgan fingerprint density at radius 3 is 2.90 bits per heavy atom. The molecule has 0 aromatic heterocycles. The lowest BCUT2D eigenvalue weighted by molar-refractivity contribution is -0.139. The molecular formula is C13H18N4O3. The number of aliphatic carboxylic acids is 1. The fourth-order valence-electron chi connectivity index (χ4n) is 1.69. The van der Waals surface area contributed by atoms with E-state index in [1.165, 1.54) is 0 Å². The van der Waals surface area contributed by atoms with E-state index in [1.54, 1.807) is 24.3 Å². The highest BCUT2D eigenvalue weighted by atomic mass is 16.5. The predicted octanol–water partition coefficient (Wildman–Crippen LogP) is 2.50. The maximum atomic E-state index is 11.3. The molecule has 0 aliphatic heterocycles. The standard InChI is InChI=1S/C13H18N4O3/c1-9(2)20-11-5-3-4-10(8-11)12(13(18)19)15-6-7-16-17-14/h3-5,8-9,12,15H,6-7H2,1-2H3,(H,18,19). The summed E-state index contributed by atoms with van der Waals surface area (Å²) >= 11 is 0. The molecule has 1 aromatic rings. The first kappa shape index (κ1) is 15.8. The number of rotatable bonds is 8. The molecule has 20 heavy (non-hydrogen) atoms. The number of ether oxygens (including phenoxy) is 1. The molecule has 0 saturated carbocycles. The minimum atomic E-state index is -0.993. The molecule has 0 spiro atoms. The Kier molecular flexibility index (Phi) is 6.36. The van der Waals surface area contributed by atoms with Crippen molar-refractivity contribution in [3.63, 3.8) is 0 Å². The highest BCUT2D eigenvalue weighted by Crippen LogP contribution is 2.20. The van der Waals surface area contributed by atoms with Gasteiger partial charge in [0.15, 0.2) is 0 Å². The number of hydrogen-bond acceptors (Lipinski definition) is 4. The number of carbonyl (C=O) groups is 1. The van der Waals surface area contributed by atoms with Gasteiger partial charge in [-0.2, -0.15) is 0 Å². The number of carboxylic acids is 1. The van der Waals surface area contributed by atoms with Crippen LogP contribution >= 0.6 is 0 Å². The number of hydrogen-bond donors (Lipinski definition) is 2. The number of nitrogens with zero attached hydrogens (tertiary/aromatic N) is 3. The summed E-state index contributed by atoms with van der Waals surface area (Å²) in [6.45, 7) is 4.29. The van der Waals surface area contributed by atoms with Gasteiger partial charge < -0.3 is 15.2 Å². The van der Waals surface area contributed by atoms with E-state index >= 15 is 0 Å². The SMILES string of the molecule is CC(C)Oc1cccc(C(NCCN=[N+]=[N-])C(=O)O)c1. The van der Waals surface area contributed by atoms with Crippen molar-refractivity contribution in [2.45, 2.75) is 26.0 Å². The molecule has 0 aliphatic carbocycles. The van der Waals surface area contributed by atoms with Gasteiger partial charge in [0.2, 0.25) is 0 Å². The second kappa shape index (κ2) is 8.04. The Morgan fingerprint density at radius 1 is 1.55 bits per heavy atom. The van der Waals surface area contributed by atoms with Crippen molar-refractivity contribution in [2.24, 2.45) is 5.11 Å². The van der Waals surface area contributed by atoms with Gasteiger partial charge in [0, 0.05) is 18.0 Å². The van der Waals surface area contributed by atoms with Crippen LogP contribution in [0.15, 0.2) is 29.4 Å².